The average Bonchev–Trinajstić information content (AvgIpc) is 3.08. The number of amides is 3. The van der Waals surface area contributed by atoms with Gasteiger partial charge in [0, 0.05) is 70.2 Å². The van der Waals surface area contributed by atoms with E-state index in [4.69, 9.17) is 14.2 Å². The molecule has 4 aliphatic rings. The minimum atomic E-state index is -0.465. The highest BCUT2D eigenvalue weighted by molar-refractivity contribution is 5.95. The molecule has 2 atom stereocenters. The molecule has 1 aromatic heterocycles. The van der Waals surface area contributed by atoms with Gasteiger partial charge in [0.25, 0.3) is 11.8 Å². The summed E-state index contributed by atoms with van der Waals surface area (Å²) in [4.78, 5) is 54.2. The number of piperidine rings is 1. The zero-order chi connectivity index (χ0) is 31.2. The standard InChI is InChI=1S/C32H37N7O6/c1-43-27-8-5-23-17-28(27)44-21-29(40)35-18-22-3-6-24(7-4-22)45-26-9-12-39(19-25(26)36-31(23)42)30(41)20-37-13-15-38(16-14-37)32-33-10-2-11-34-32/h2-8,10-11,17,25-26H,9,12-16,18-21H2,1H3,(H,35,40)(H,36,42)/t25-,26+/m0/s1. The minimum Gasteiger partial charge on any atom is -0.493 e. The number of hydrogen-bond donors (Lipinski definition) is 2. The predicted molar refractivity (Wildman–Crippen MR) is 164 cm³/mol. The molecule has 13 nitrogen and oxygen atoms in total. The fraction of sp³-hybridized carbons (Fsp3) is 0.406. The van der Waals surface area contributed by atoms with E-state index in [2.05, 4.69) is 30.4 Å². The van der Waals surface area contributed by atoms with Crippen molar-refractivity contribution in [3.05, 3.63) is 72.1 Å². The molecule has 4 aliphatic heterocycles. The maximum absolute atomic E-state index is 13.5. The van der Waals surface area contributed by atoms with Crippen molar-refractivity contribution in [2.75, 3.05) is 64.4 Å². The van der Waals surface area contributed by atoms with Gasteiger partial charge in [0.05, 0.1) is 19.7 Å². The summed E-state index contributed by atoms with van der Waals surface area (Å²) in [7, 11) is 1.49. The first-order valence-corrected chi connectivity index (χ1v) is 15.1. The van der Waals surface area contributed by atoms with E-state index in [0.29, 0.717) is 55.6 Å². The highest BCUT2D eigenvalue weighted by Crippen LogP contribution is 2.29. The van der Waals surface area contributed by atoms with Gasteiger partial charge in [-0.1, -0.05) is 12.1 Å². The molecule has 0 unspecified atom stereocenters. The Bertz CT molecular complexity index is 1500. The fourth-order valence-electron chi connectivity index (χ4n) is 5.73. The molecule has 4 bridgehead atoms. The molecule has 2 aromatic carbocycles. The fourth-order valence-corrected chi connectivity index (χ4v) is 5.73. The number of ether oxygens (including phenoxy) is 3. The summed E-state index contributed by atoms with van der Waals surface area (Å²) in [5.41, 5.74) is 1.24. The van der Waals surface area contributed by atoms with Gasteiger partial charge in [0.2, 0.25) is 11.9 Å². The van der Waals surface area contributed by atoms with Crippen LogP contribution in [0.5, 0.6) is 17.2 Å². The Kier molecular flexibility index (Phi) is 9.24. The monoisotopic (exact) mass is 615 g/mol. The van der Waals surface area contributed by atoms with Crippen LogP contribution in [0.1, 0.15) is 22.3 Å². The van der Waals surface area contributed by atoms with Gasteiger partial charge >= 0.3 is 0 Å². The predicted octanol–water partition coefficient (Wildman–Crippen LogP) is 1.09. The third kappa shape index (κ3) is 7.43. The lowest BCUT2D eigenvalue weighted by atomic mass is 10.0. The average molecular weight is 616 g/mol. The van der Waals surface area contributed by atoms with E-state index in [0.717, 1.165) is 31.7 Å². The van der Waals surface area contributed by atoms with E-state index in [1.165, 1.54) is 7.11 Å². The van der Waals surface area contributed by atoms with Crippen LogP contribution in [0.4, 0.5) is 5.95 Å². The zero-order valence-corrected chi connectivity index (χ0v) is 25.2. The lowest BCUT2D eigenvalue weighted by Gasteiger charge is -2.40. The Morgan fingerprint density at radius 2 is 1.80 bits per heavy atom. The molecule has 2 saturated heterocycles. The summed E-state index contributed by atoms with van der Waals surface area (Å²) < 4.78 is 17.5. The number of rotatable bonds is 4. The Balaban J connectivity index is 1.16. The summed E-state index contributed by atoms with van der Waals surface area (Å²) in [5.74, 6) is 1.39. The lowest BCUT2D eigenvalue weighted by molar-refractivity contribution is -0.135. The van der Waals surface area contributed by atoms with Crippen LogP contribution in [0.25, 0.3) is 0 Å². The summed E-state index contributed by atoms with van der Waals surface area (Å²) in [6, 6.07) is 13.6. The number of carbonyl (C=O) groups excluding carboxylic acids is 3. The molecule has 0 radical (unpaired) electrons. The molecular weight excluding hydrogens is 578 g/mol. The van der Waals surface area contributed by atoms with Crippen LogP contribution in [0.3, 0.4) is 0 Å². The molecular formula is C32H37N7O6. The third-order valence-corrected chi connectivity index (χ3v) is 8.27. The van der Waals surface area contributed by atoms with Crippen LogP contribution in [0, 0.1) is 0 Å². The Morgan fingerprint density at radius 1 is 1.02 bits per heavy atom. The van der Waals surface area contributed by atoms with E-state index < -0.39 is 6.04 Å². The smallest absolute Gasteiger partial charge is 0.258 e. The highest BCUT2D eigenvalue weighted by atomic mass is 16.5. The van der Waals surface area contributed by atoms with Crippen LogP contribution < -0.4 is 29.7 Å². The number of benzene rings is 2. The van der Waals surface area contributed by atoms with Gasteiger partial charge in [-0.2, -0.15) is 0 Å². The van der Waals surface area contributed by atoms with E-state index in [-0.39, 0.29) is 36.2 Å². The number of likely N-dealkylation sites (tertiary alicyclic amines) is 1. The molecule has 0 spiro atoms. The third-order valence-electron chi connectivity index (χ3n) is 8.27. The van der Waals surface area contributed by atoms with Gasteiger partial charge in [0.15, 0.2) is 18.1 Å². The second kappa shape index (κ2) is 13.8. The Labute approximate surface area is 261 Å². The number of aromatic nitrogens is 2. The second-order valence-electron chi connectivity index (χ2n) is 11.3. The van der Waals surface area contributed by atoms with Crippen LogP contribution in [-0.2, 0) is 16.1 Å². The van der Waals surface area contributed by atoms with E-state index in [1.54, 1.807) is 36.7 Å². The first-order chi connectivity index (χ1) is 21.9. The van der Waals surface area contributed by atoms with Gasteiger partial charge in [-0.05, 0) is 42.0 Å². The number of methoxy groups -OCH3 is 1. The first kappa shape index (κ1) is 30.1. The van der Waals surface area contributed by atoms with Gasteiger partial charge in [-0.15, -0.1) is 0 Å². The molecule has 7 rings (SSSR count). The maximum Gasteiger partial charge on any atom is 0.258 e. The van der Waals surface area contributed by atoms with Crippen molar-refractivity contribution in [3.8, 4) is 17.2 Å². The summed E-state index contributed by atoms with van der Waals surface area (Å²) in [5, 5.41) is 5.94. The lowest BCUT2D eigenvalue weighted by Crippen LogP contribution is -2.59. The largest absolute Gasteiger partial charge is 0.493 e. The normalized spacial score (nSPS) is 21.0. The molecule has 2 N–H and O–H groups in total. The highest BCUT2D eigenvalue weighted by Gasteiger charge is 2.35. The SMILES string of the molecule is COc1ccc2cc1OCC(=O)NCc1ccc(cc1)O[C@@H]1CCN(C(=O)CN3CCN(c4ncccn4)CC3)C[C@@H]1NC2=O. The number of piperazine rings is 1. The van der Waals surface area contributed by atoms with Crippen molar-refractivity contribution in [1.29, 1.82) is 0 Å². The molecule has 2 fully saturated rings. The number of anilines is 1. The first-order valence-electron chi connectivity index (χ1n) is 15.1. The van der Waals surface area contributed by atoms with Gasteiger partial charge in [0.1, 0.15) is 11.9 Å². The van der Waals surface area contributed by atoms with Gasteiger partial charge < -0.3 is 34.6 Å². The van der Waals surface area contributed by atoms with E-state index >= 15 is 0 Å². The molecule has 13 heteroatoms. The van der Waals surface area contributed by atoms with Crippen molar-refractivity contribution in [3.63, 3.8) is 0 Å². The minimum absolute atomic E-state index is 0.0113. The molecule has 45 heavy (non-hydrogen) atoms. The molecule has 5 heterocycles. The van der Waals surface area contributed by atoms with Crippen LogP contribution in [-0.4, -0.2) is 109 Å². The molecule has 3 amide bonds. The molecule has 3 aromatic rings. The van der Waals surface area contributed by atoms with Crippen molar-refractivity contribution in [1.82, 2.24) is 30.4 Å². The number of carbonyl (C=O) groups is 3. The Hall–Kier alpha value is -4.91. The van der Waals surface area contributed by atoms with Crippen molar-refractivity contribution in [2.45, 2.75) is 25.1 Å². The summed E-state index contributed by atoms with van der Waals surface area (Å²) in [6.07, 6.45) is 3.65. The molecule has 0 saturated carbocycles. The topological polar surface area (TPSA) is 138 Å². The number of fused-ring (bicyclic) bond motifs is 7. The van der Waals surface area contributed by atoms with Gasteiger partial charge in [-0.3, -0.25) is 19.3 Å². The maximum atomic E-state index is 13.5. The van der Waals surface area contributed by atoms with Crippen molar-refractivity contribution >= 4 is 23.7 Å². The van der Waals surface area contributed by atoms with Crippen LogP contribution >= 0.6 is 0 Å². The number of nitrogens with one attached hydrogen (secondary N) is 2. The van der Waals surface area contributed by atoms with Crippen molar-refractivity contribution in [2.24, 2.45) is 0 Å². The summed E-state index contributed by atoms with van der Waals surface area (Å²) >= 11 is 0. The molecule has 0 aliphatic carbocycles. The Morgan fingerprint density at radius 3 is 2.56 bits per heavy atom. The second-order valence-corrected chi connectivity index (χ2v) is 11.3. The quantitative estimate of drug-likeness (QED) is 0.439. The van der Waals surface area contributed by atoms with E-state index in [9.17, 15) is 14.4 Å². The van der Waals surface area contributed by atoms with Crippen molar-refractivity contribution < 1.29 is 28.6 Å². The van der Waals surface area contributed by atoms with Crippen LogP contribution in [0.2, 0.25) is 0 Å². The van der Waals surface area contributed by atoms with Crippen LogP contribution in [0.15, 0.2) is 60.9 Å². The van der Waals surface area contributed by atoms with Gasteiger partial charge in [-0.25, -0.2) is 9.97 Å². The van der Waals surface area contributed by atoms with E-state index in [1.807, 2.05) is 29.2 Å². The zero-order valence-electron chi connectivity index (χ0n) is 25.2. The summed E-state index contributed by atoms with van der Waals surface area (Å²) in [6.45, 7) is 4.14. The molecule has 236 valence electrons. The number of hydrogen-bond acceptors (Lipinski definition) is 10. The number of nitrogens with zero attached hydrogens (tertiary/aromatic N) is 5.